The maximum Gasteiger partial charge on any atom is 0.269 e. The Morgan fingerprint density at radius 1 is 1.23 bits per heavy atom. The molecule has 0 radical (unpaired) electrons. The molecule has 0 saturated carbocycles. The Bertz CT molecular complexity index is 922. The Morgan fingerprint density at radius 3 is 2.52 bits per heavy atom. The summed E-state index contributed by atoms with van der Waals surface area (Å²) in [6.45, 7) is 5.49. The number of anilines is 3. The molecule has 1 aliphatic rings. The van der Waals surface area contributed by atoms with Gasteiger partial charge in [0, 0.05) is 36.0 Å². The summed E-state index contributed by atoms with van der Waals surface area (Å²) in [6.07, 6.45) is 2.01. The number of benzene rings is 2. The number of hydrogen-bond acceptors (Lipinski definition) is 8. The first kappa shape index (κ1) is 23.4. The van der Waals surface area contributed by atoms with Crippen molar-refractivity contribution in [2.24, 2.45) is 0 Å². The molecule has 1 heterocycles. The van der Waals surface area contributed by atoms with Crippen LogP contribution in [0.2, 0.25) is 0 Å². The van der Waals surface area contributed by atoms with Gasteiger partial charge >= 0.3 is 0 Å². The van der Waals surface area contributed by atoms with E-state index in [4.69, 9.17) is 4.74 Å². The van der Waals surface area contributed by atoms with Gasteiger partial charge in [0.2, 0.25) is 0 Å². The van der Waals surface area contributed by atoms with E-state index in [1.807, 2.05) is 0 Å². The molecule has 2 N–H and O–H groups in total. The average Bonchev–Trinajstić information content (AvgIpc) is 2.76. The van der Waals surface area contributed by atoms with Gasteiger partial charge < -0.3 is 15.1 Å². The van der Waals surface area contributed by atoms with Crippen LogP contribution in [-0.4, -0.2) is 35.6 Å². The molecule has 0 spiro atoms. The summed E-state index contributed by atoms with van der Waals surface area (Å²) in [4.78, 5) is 12.9. The van der Waals surface area contributed by atoms with Gasteiger partial charge in [-0.3, -0.25) is 15.5 Å². The molecular weight excluding hydrogens is 432 g/mol. The smallest absolute Gasteiger partial charge is 0.269 e. The number of nitro groups is 1. The highest BCUT2D eigenvalue weighted by Crippen LogP contribution is 2.47. The maximum absolute atomic E-state index is 10.8. The molecule has 0 amide bonds. The van der Waals surface area contributed by atoms with E-state index >= 15 is 0 Å². The molecule has 0 saturated heterocycles. The van der Waals surface area contributed by atoms with Crippen molar-refractivity contribution in [3.05, 3.63) is 52.1 Å². The second-order valence-corrected chi connectivity index (χ2v) is 9.10. The summed E-state index contributed by atoms with van der Waals surface area (Å²) in [5.74, 6) is 2.65. The zero-order valence-corrected chi connectivity index (χ0v) is 19.9. The van der Waals surface area contributed by atoms with E-state index in [1.165, 1.54) is 23.4 Å². The van der Waals surface area contributed by atoms with Crippen molar-refractivity contribution >= 4 is 48.0 Å². The fourth-order valence-electron chi connectivity index (χ4n) is 4.18. The van der Waals surface area contributed by atoms with Crippen molar-refractivity contribution < 1.29 is 9.66 Å². The number of fused-ring (bicyclic) bond motifs is 1. The monoisotopic (exact) mass is 462 g/mol. The largest absolute Gasteiger partial charge is 0.494 e. The van der Waals surface area contributed by atoms with Crippen molar-refractivity contribution in [2.75, 3.05) is 40.9 Å². The SMILES string of the molecule is COc1cc2c(cc1NNc1ccc([N+](=O)[O-])cc1)C(CS)CC(C)(C)N2CCCS. The van der Waals surface area contributed by atoms with Crippen LogP contribution in [0.15, 0.2) is 36.4 Å². The number of hydrazine groups is 1. The Hall–Kier alpha value is -2.26. The molecule has 3 rings (SSSR count). The van der Waals surface area contributed by atoms with Crippen LogP contribution in [0.4, 0.5) is 22.7 Å². The number of nitro benzene ring substituents is 1. The number of non-ortho nitro benzene ring substituents is 1. The highest BCUT2D eigenvalue weighted by atomic mass is 32.1. The lowest BCUT2D eigenvalue weighted by molar-refractivity contribution is -0.384. The summed E-state index contributed by atoms with van der Waals surface area (Å²) in [5.41, 5.74) is 10.3. The van der Waals surface area contributed by atoms with Crippen LogP contribution < -0.4 is 20.5 Å². The third-order valence-electron chi connectivity index (χ3n) is 5.74. The van der Waals surface area contributed by atoms with Gasteiger partial charge in [-0.1, -0.05) is 0 Å². The summed E-state index contributed by atoms with van der Waals surface area (Å²) < 4.78 is 5.69. The molecular formula is C22H30N4O3S2. The third-order valence-corrected chi connectivity index (χ3v) is 6.49. The first-order chi connectivity index (χ1) is 14.8. The molecule has 0 fully saturated rings. The molecule has 0 aromatic heterocycles. The topological polar surface area (TPSA) is 79.7 Å². The molecule has 1 atom stereocenters. The fraction of sp³-hybridized carbons (Fsp3) is 0.455. The van der Waals surface area contributed by atoms with Crippen LogP contribution in [-0.2, 0) is 0 Å². The summed E-state index contributed by atoms with van der Waals surface area (Å²) in [7, 11) is 1.65. The van der Waals surface area contributed by atoms with Gasteiger partial charge in [0.15, 0.2) is 0 Å². The minimum atomic E-state index is -0.414. The number of methoxy groups -OCH3 is 1. The number of ether oxygens (including phenoxy) is 1. The lowest BCUT2D eigenvalue weighted by Gasteiger charge is -2.48. The van der Waals surface area contributed by atoms with E-state index < -0.39 is 4.92 Å². The van der Waals surface area contributed by atoms with Crippen molar-refractivity contribution in [3.63, 3.8) is 0 Å². The standard InChI is InChI=1S/C22H30N4O3S2/c1-22(2)13-15(14-31)18-11-19(21(29-3)12-20(18)25(22)9-4-10-30)24-23-16-5-7-17(8-6-16)26(27)28/h5-8,11-12,15,23-24,30-31H,4,9-10,13-14H2,1-3H3. The molecule has 2 aromatic carbocycles. The summed E-state index contributed by atoms with van der Waals surface area (Å²) >= 11 is 9.03. The van der Waals surface area contributed by atoms with E-state index in [-0.39, 0.29) is 11.2 Å². The molecule has 9 heteroatoms. The third kappa shape index (κ3) is 5.15. The zero-order valence-electron chi connectivity index (χ0n) is 18.1. The maximum atomic E-state index is 10.8. The average molecular weight is 463 g/mol. The predicted molar refractivity (Wildman–Crippen MR) is 134 cm³/mol. The lowest BCUT2D eigenvalue weighted by atomic mass is 9.79. The van der Waals surface area contributed by atoms with Crippen molar-refractivity contribution in [1.82, 2.24) is 0 Å². The van der Waals surface area contributed by atoms with E-state index in [0.29, 0.717) is 11.6 Å². The molecule has 1 aliphatic heterocycles. The fourth-order valence-corrected chi connectivity index (χ4v) is 4.65. The molecule has 31 heavy (non-hydrogen) atoms. The van der Waals surface area contributed by atoms with Gasteiger partial charge in [-0.15, -0.1) is 0 Å². The molecule has 7 nitrogen and oxygen atoms in total. The summed E-state index contributed by atoms with van der Waals surface area (Å²) in [6, 6.07) is 10.5. The normalized spacial score (nSPS) is 17.1. The first-order valence-corrected chi connectivity index (χ1v) is 11.5. The van der Waals surface area contributed by atoms with Crippen LogP contribution in [0, 0.1) is 10.1 Å². The van der Waals surface area contributed by atoms with Gasteiger partial charge in [-0.25, -0.2) is 0 Å². The van der Waals surface area contributed by atoms with Crippen LogP contribution in [0.25, 0.3) is 0 Å². The van der Waals surface area contributed by atoms with Crippen LogP contribution in [0.1, 0.15) is 38.2 Å². The molecule has 2 aromatic rings. The van der Waals surface area contributed by atoms with E-state index in [9.17, 15) is 10.1 Å². The minimum Gasteiger partial charge on any atom is -0.494 e. The van der Waals surface area contributed by atoms with Gasteiger partial charge in [0.25, 0.3) is 5.69 Å². The Labute approximate surface area is 194 Å². The Morgan fingerprint density at radius 2 is 1.94 bits per heavy atom. The molecule has 168 valence electrons. The quantitative estimate of drug-likeness (QED) is 0.228. The van der Waals surface area contributed by atoms with Crippen molar-refractivity contribution in [1.29, 1.82) is 0 Å². The van der Waals surface area contributed by atoms with Crippen molar-refractivity contribution in [3.8, 4) is 5.75 Å². The van der Waals surface area contributed by atoms with Crippen LogP contribution in [0.5, 0.6) is 5.75 Å². The molecule has 1 unspecified atom stereocenters. The highest BCUT2D eigenvalue weighted by Gasteiger charge is 2.38. The van der Waals surface area contributed by atoms with Crippen LogP contribution in [0.3, 0.4) is 0 Å². The number of thiol groups is 2. The van der Waals surface area contributed by atoms with Gasteiger partial charge in [-0.2, -0.15) is 25.3 Å². The van der Waals surface area contributed by atoms with E-state index in [0.717, 1.165) is 42.3 Å². The van der Waals surface area contributed by atoms with Crippen LogP contribution >= 0.6 is 25.3 Å². The number of hydrogen-bond donors (Lipinski definition) is 4. The number of rotatable bonds is 9. The number of nitrogens with one attached hydrogen (secondary N) is 2. The predicted octanol–water partition coefficient (Wildman–Crippen LogP) is 5.36. The Balaban J connectivity index is 1.91. The summed E-state index contributed by atoms with van der Waals surface area (Å²) in [5, 5.41) is 10.8. The minimum absolute atomic E-state index is 0.0142. The lowest BCUT2D eigenvalue weighted by Crippen LogP contribution is -2.49. The first-order valence-electron chi connectivity index (χ1n) is 10.3. The van der Waals surface area contributed by atoms with Gasteiger partial charge in [0.05, 0.1) is 23.4 Å². The Kier molecular flexibility index (Phi) is 7.48. The number of nitrogens with zero attached hydrogens (tertiary/aromatic N) is 2. The molecule has 0 bridgehead atoms. The van der Waals surface area contributed by atoms with Crippen molar-refractivity contribution in [2.45, 2.75) is 38.1 Å². The molecule has 0 aliphatic carbocycles. The second kappa shape index (κ2) is 9.91. The highest BCUT2D eigenvalue weighted by molar-refractivity contribution is 7.80. The van der Waals surface area contributed by atoms with E-state index in [1.54, 1.807) is 19.2 Å². The second-order valence-electron chi connectivity index (χ2n) is 8.29. The van der Waals surface area contributed by atoms with Gasteiger partial charge in [0.1, 0.15) is 5.75 Å². The zero-order chi connectivity index (χ0) is 22.6. The van der Waals surface area contributed by atoms with E-state index in [2.05, 4.69) is 67.0 Å². The van der Waals surface area contributed by atoms with Gasteiger partial charge in [-0.05, 0) is 67.9 Å².